The molecule has 0 radical (unpaired) electrons. The highest BCUT2D eigenvalue weighted by Crippen LogP contribution is 2.43. The van der Waals surface area contributed by atoms with Gasteiger partial charge in [-0.15, -0.1) is 24.0 Å². The predicted octanol–water partition coefficient (Wildman–Crippen LogP) is 2.98. The van der Waals surface area contributed by atoms with Crippen molar-refractivity contribution in [3.05, 3.63) is 35.9 Å². The number of hydrogen-bond donors (Lipinski definition) is 2. The van der Waals surface area contributed by atoms with Crippen molar-refractivity contribution in [2.24, 2.45) is 5.84 Å². The van der Waals surface area contributed by atoms with Crippen molar-refractivity contribution in [3.63, 3.8) is 0 Å². The number of alkyl halides is 1. The first kappa shape index (κ1) is 13.3. The molecular formula is C13H14Cl2N2O. The largest absolute Gasteiger partial charge is 0.507 e. The zero-order valence-corrected chi connectivity index (χ0v) is 11.2. The van der Waals surface area contributed by atoms with Gasteiger partial charge in [0.1, 0.15) is 5.75 Å². The summed E-state index contributed by atoms with van der Waals surface area (Å²) in [6, 6.07) is 9.53. The standard InChI is InChI=1S/C13H13ClN2O.ClH/c14-6-8-7-16(15)11-5-12(17)9-3-1-2-4-10(9)13(8)11;/h1-5,8,17H,6-7,15H2;1H/t8-;/m1./s1. The van der Waals surface area contributed by atoms with E-state index >= 15 is 0 Å². The second-order valence-corrected chi connectivity index (χ2v) is 4.69. The Balaban J connectivity index is 0.00000120. The number of nitrogens with zero attached hydrogens (tertiary/aromatic N) is 1. The Morgan fingerprint density at radius 2 is 2.00 bits per heavy atom. The molecule has 0 unspecified atom stereocenters. The normalized spacial score (nSPS) is 17.7. The van der Waals surface area contributed by atoms with Crippen LogP contribution in [0.2, 0.25) is 0 Å². The van der Waals surface area contributed by atoms with Gasteiger partial charge in [0.25, 0.3) is 0 Å². The third kappa shape index (κ3) is 1.79. The van der Waals surface area contributed by atoms with Crippen LogP contribution in [0.1, 0.15) is 11.5 Å². The maximum Gasteiger partial charge on any atom is 0.125 e. The van der Waals surface area contributed by atoms with Gasteiger partial charge in [0, 0.05) is 29.8 Å². The van der Waals surface area contributed by atoms with Gasteiger partial charge in [-0.3, -0.25) is 0 Å². The van der Waals surface area contributed by atoms with Crippen LogP contribution in [0.5, 0.6) is 5.75 Å². The zero-order valence-electron chi connectivity index (χ0n) is 9.64. The highest BCUT2D eigenvalue weighted by molar-refractivity contribution is 6.18. The summed E-state index contributed by atoms with van der Waals surface area (Å²) >= 11 is 6.00. The number of rotatable bonds is 1. The number of benzene rings is 2. The smallest absolute Gasteiger partial charge is 0.125 e. The fourth-order valence-corrected chi connectivity index (χ4v) is 2.84. The Kier molecular flexibility index (Phi) is 3.57. The number of phenols is 1. The van der Waals surface area contributed by atoms with Gasteiger partial charge in [-0.05, 0) is 10.9 Å². The lowest BCUT2D eigenvalue weighted by Gasteiger charge is -2.13. The van der Waals surface area contributed by atoms with Gasteiger partial charge < -0.3 is 10.1 Å². The van der Waals surface area contributed by atoms with Crippen molar-refractivity contribution in [2.75, 3.05) is 17.4 Å². The average molecular weight is 285 g/mol. The van der Waals surface area contributed by atoms with E-state index in [1.165, 1.54) is 0 Å². The van der Waals surface area contributed by atoms with Crippen molar-refractivity contribution < 1.29 is 5.11 Å². The van der Waals surface area contributed by atoms with Crippen molar-refractivity contribution in [1.29, 1.82) is 0 Å². The summed E-state index contributed by atoms with van der Waals surface area (Å²) in [6.45, 7) is 0.701. The average Bonchev–Trinajstić information content (AvgIpc) is 2.67. The Morgan fingerprint density at radius 3 is 2.67 bits per heavy atom. The molecule has 1 aliphatic rings. The molecule has 0 saturated carbocycles. The van der Waals surface area contributed by atoms with Crippen molar-refractivity contribution >= 4 is 40.5 Å². The lowest BCUT2D eigenvalue weighted by atomic mass is 9.95. The Morgan fingerprint density at radius 1 is 1.33 bits per heavy atom. The van der Waals surface area contributed by atoms with Crippen molar-refractivity contribution in [3.8, 4) is 5.75 Å². The van der Waals surface area contributed by atoms with E-state index in [9.17, 15) is 5.11 Å². The Hall–Kier alpha value is -1.16. The van der Waals surface area contributed by atoms with E-state index in [0.29, 0.717) is 12.4 Å². The molecule has 0 spiro atoms. The number of hydrazine groups is 1. The van der Waals surface area contributed by atoms with Gasteiger partial charge in [0.15, 0.2) is 0 Å². The van der Waals surface area contributed by atoms with Gasteiger partial charge in [-0.1, -0.05) is 24.3 Å². The first-order chi connectivity index (χ1) is 8.22. The minimum absolute atomic E-state index is 0. The van der Waals surface area contributed by atoms with Crippen LogP contribution in [-0.2, 0) is 0 Å². The van der Waals surface area contributed by atoms with E-state index in [-0.39, 0.29) is 24.1 Å². The van der Waals surface area contributed by atoms with Crippen molar-refractivity contribution in [1.82, 2.24) is 0 Å². The van der Waals surface area contributed by atoms with E-state index in [1.807, 2.05) is 24.3 Å². The molecule has 5 heteroatoms. The quantitative estimate of drug-likeness (QED) is 0.625. The summed E-state index contributed by atoms with van der Waals surface area (Å²) in [5.74, 6) is 6.97. The molecule has 0 fully saturated rings. The van der Waals surface area contributed by atoms with Gasteiger partial charge in [-0.25, -0.2) is 5.84 Å². The van der Waals surface area contributed by atoms with Crippen molar-refractivity contribution in [2.45, 2.75) is 5.92 Å². The molecular weight excluding hydrogens is 271 g/mol. The maximum atomic E-state index is 10.00. The third-order valence-corrected chi connectivity index (χ3v) is 3.74. The SMILES string of the molecule is Cl.NN1C[C@@H](CCl)c2c1cc(O)c1ccccc21. The molecule has 0 aliphatic carbocycles. The highest BCUT2D eigenvalue weighted by atomic mass is 35.5. The molecule has 3 N–H and O–H groups in total. The molecule has 3 nitrogen and oxygen atoms in total. The molecule has 0 saturated heterocycles. The Bertz CT molecular complexity index is 588. The molecule has 0 aromatic heterocycles. The number of aromatic hydroxyl groups is 1. The van der Waals surface area contributed by atoms with E-state index < -0.39 is 0 Å². The van der Waals surface area contributed by atoms with E-state index in [4.69, 9.17) is 17.4 Å². The molecule has 1 aliphatic heterocycles. The van der Waals surface area contributed by atoms with Crippen LogP contribution in [0.4, 0.5) is 5.69 Å². The first-order valence-corrected chi connectivity index (χ1v) is 6.08. The van der Waals surface area contributed by atoms with Crippen LogP contribution < -0.4 is 10.9 Å². The number of phenolic OH excluding ortho intramolecular Hbond substituents is 1. The van der Waals surface area contributed by atoms with Crippen LogP contribution in [0.3, 0.4) is 0 Å². The topological polar surface area (TPSA) is 49.5 Å². The molecule has 96 valence electrons. The van der Waals surface area contributed by atoms with Crippen LogP contribution in [0.25, 0.3) is 10.8 Å². The fourth-order valence-electron chi connectivity index (χ4n) is 2.58. The number of halogens is 2. The third-order valence-electron chi connectivity index (χ3n) is 3.36. The van der Waals surface area contributed by atoms with Gasteiger partial charge in [0.05, 0.1) is 5.69 Å². The van der Waals surface area contributed by atoms with Crippen LogP contribution in [-0.4, -0.2) is 17.5 Å². The van der Waals surface area contributed by atoms with E-state index in [1.54, 1.807) is 11.1 Å². The number of fused-ring (bicyclic) bond motifs is 3. The van der Waals surface area contributed by atoms with E-state index in [2.05, 4.69) is 0 Å². The summed E-state index contributed by atoms with van der Waals surface area (Å²) < 4.78 is 0. The summed E-state index contributed by atoms with van der Waals surface area (Å²) in [7, 11) is 0. The highest BCUT2D eigenvalue weighted by Gasteiger charge is 2.29. The van der Waals surface area contributed by atoms with Crippen LogP contribution in [0.15, 0.2) is 30.3 Å². The zero-order chi connectivity index (χ0) is 12.0. The van der Waals surface area contributed by atoms with Gasteiger partial charge >= 0.3 is 0 Å². The molecule has 3 rings (SSSR count). The molecule has 2 aromatic carbocycles. The number of anilines is 1. The molecule has 0 bridgehead atoms. The predicted molar refractivity (Wildman–Crippen MR) is 77.9 cm³/mol. The lowest BCUT2D eigenvalue weighted by molar-refractivity contribution is 0.481. The van der Waals surface area contributed by atoms with Crippen LogP contribution in [0, 0.1) is 0 Å². The second kappa shape index (κ2) is 4.84. The summed E-state index contributed by atoms with van der Waals surface area (Å²) in [5, 5.41) is 13.6. The molecule has 0 amide bonds. The molecule has 2 aromatic rings. The molecule has 1 atom stereocenters. The second-order valence-electron chi connectivity index (χ2n) is 4.38. The summed E-state index contributed by atoms with van der Waals surface area (Å²) in [6.07, 6.45) is 0. The Labute approximate surface area is 117 Å². The molecule has 1 heterocycles. The fraction of sp³-hybridized carbons (Fsp3) is 0.231. The van der Waals surface area contributed by atoms with Gasteiger partial charge in [-0.2, -0.15) is 0 Å². The number of nitrogens with two attached hydrogens (primary N) is 1. The number of hydrogen-bond acceptors (Lipinski definition) is 3. The van der Waals surface area contributed by atoms with E-state index in [0.717, 1.165) is 22.0 Å². The lowest BCUT2D eigenvalue weighted by Crippen LogP contribution is -2.29. The summed E-state index contributed by atoms with van der Waals surface area (Å²) in [4.78, 5) is 0. The monoisotopic (exact) mass is 284 g/mol. The minimum atomic E-state index is 0. The maximum absolute atomic E-state index is 10.00. The molecule has 18 heavy (non-hydrogen) atoms. The van der Waals surface area contributed by atoms with Gasteiger partial charge in [0.2, 0.25) is 0 Å². The first-order valence-electron chi connectivity index (χ1n) is 5.55. The summed E-state index contributed by atoms with van der Waals surface area (Å²) in [5.41, 5.74) is 2.03. The van der Waals surface area contributed by atoms with Crippen LogP contribution >= 0.6 is 24.0 Å². The minimum Gasteiger partial charge on any atom is -0.507 e.